The van der Waals surface area contributed by atoms with E-state index in [1.807, 2.05) is 0 Å². The molecule has 3 nitrogen and oxygen atoms in total. The Bertz CT molecular complexity index is 451. The quantitative estimate of drug-likeness (QED) is 0.719. The van der Waals surface area contributed by atoms with Crippen molar-refractivity contribution in [1.82, 2.24) is 9.80 Å². The van der Waals surface area contributed by atoms with Gasteiger partial charge < -0.3 is 14.5 Å². The van der Waals surface area contributed by atoms with Gasteiger partial charge in [-0.05, 0) is 56.0 Å². The van der Waals surface area contributed by atoms with Crippen LogP contribution in [0.3, 0.4) is 0 Å². The molecule has 1 aliphatic rings. The number of hydrogen-bond acceptors (Lipinski definition) is 3. The molecule has 0 unspecified atom stereocenters. The molecule has 1 aromatic carbocycles. The van der Waals surface area contributed by atoms with Gasteiger partial charge in [-0.1, -0.05) is 19.9 Å². The third-order valence-electron chi connectivity index (χ3n) is 4.43. The van der Waals surface area contributed by atoms with Crippen LogP contribution in [0.1, 0.15) is 31.4 Å². The summed E-state index contributed by atoms with van der Waals surface area (Å²) in [5, 5.41) is 0. The third kappa shape index (κ3) is 5.62. The molecule has 124 valence electrons. The van der Waals surface area contributed by atoms with Crippen molar-refractivity contribution in [2.75, 3.05) is 46.4 Å². The second kappa shape index (κ2) is 8.54. The summed E-state index contributed by atoms with van der Waals surface area (Å²) in [6, 6.07) is 6.54. The Hall–Kier alpha value is -1.06. The van der Waals surface area contributed by atoms with E-state index in [0.717, 1.165) is 31.7 Å². The third-order valence-corrected chi connectivity index (χ3v) is 4.43. The number of benzene rings is 1. The Morgan fingerprint density at radius 3 is 2.50 bits per heavy atom. The number of likely N-dealkylation sites (N-methyl/N-ethyl adjacent to an activating group) is 1. The largest absolute Gasteiger partial charge is 0.494 e. The summed E-state index contributed by atoms with van der Waals surface area (Å²) in [4.78, 5) is 4.94. The van der Waals surface area contributed by atoms with E-state index in [1.165, 1.54) is 37.3 Å². The fourth-order valence-electron chi connectivity index (χ4n) is 2.98. The van der Waals surface area contributed by atoms with E-state index in [9.17, 15) is 0 Å². The molecule has 1 heterocycles. The molecule has 0 saturated carbocycles. The van der Waals surface area contributed by atoms with Crippen molar-refractivity contribution in [3.8, 4) is 5.75 Å². The Kier molecular flexibility index (Phi) is 6.71. The highest BCUT2D eigenvalue weighted by atomic mass is 16.5. The Labute approximate surface area is 136 Å². The minimum absolute atomic E-state index is 0.703. The molecule has 2 rings (SSSR count). The van der Waals surface area contributed by atoms with Crippen molar-refractivity contribution in [1.29, 1.82) is 0 Å². The molecular weight excluding hydrogens is 272 g/mol. The molecule has 0 bridgehead atoms. The Balaban J connectivity index is 1.69. The number of aryl methyl sites for hydroxylation is 1. The summed E-state index contributed by atoms with van der Waals surface area (Å²) in [5.74, 6) is 1.72. The molecule has 1 aliphatic heterocycles. The lowest BCUT2D eigenvalue weighted by atomic mass is 9.99. The first-order chi connectivity index (χ1) is 10.5. The molecule has 22 heavy (non-hydrogen) atoms. The van der Waals surface area contributed by atoms with Crippen molar-refractivity contribution in [2.24, 2.45) is 5.92 Å². The lowest BCUT2D eigenvalue weighted by molar-refractivity contribution is 0.145. The highest BCUT2D eigenvalue weighted by Gasteiger charge is 2.12. The molecule has 0 spiro atoms. The second-order valence-electron chi connectivity index (χ2n) is 7.03. The fourth-order valence-corrected chi connectivity index (χ4v) is 2.98. The van der Waals surface area contributed by atoms with Crippen LogP contribution in [0.2, 0.25) is 0 Å². The maximum absolute atomic E-state index is 5.92. The first-order valence-corrected chi connectivity index (χ1v) is 8.68. The summed E-state index contributed by atoms with van der Waals surface area (Å²) in [6.07, 6.45) is 2.26. The van der Waals surface area contributed by atoms with E-state index in [2.05, 4.69) is 55.8 Å². The van der Waals surface area contributed by atoms with Gasteiger partial charge in [-0.3, -0.25) is 0 Å². The minimum Gasteiger partial charge on any atom is -0.494 e. The first-order valence-electron chi connectivity index (χ1n) is 8.68. The van der Waals surface area contributed by atoms with Gasteiger partial charge in [0, 0.05) is 32.7 Å². The molecule has 0 aliphatic carbocycles. The number of hydrogen-bond donors (Lipinski definition) is 0. The van der Waals surface area contributed by atoms with Crippen LogP contribution in [0, 0.1) is 12.8 Å². The molecule has 0 atom stereocenters. The molecule has 3 heteroatoms. The van der Waals surface area contributed by atoms with Gasteiger partial charge in [-0.25, -0.2) is 0 Å². The van der Waals surface area contributed by atoms with Gasteiger partial charge in [0.1, 0.15) is 5.75 Å². The van der Waals surface area contributed by atoms with Gasteiger partial charge >= 0.3 is 0 Å². The van der Waals surface area contributed by atoms with Gasteiger partial charge in [0.25, 0.3) is 0 Å². The first kappa shape index (κ1) is 17.3. The molecule has 1 fully saturated rings. The van der Waals surface area contributed by atoms with E-state index >= 15 is 0 Å². The monoisotopic (exact) mass is 304 g/mol. The zero-order chi connectivity index (χ0) is 15.9. The summed E-state index contributed by atoms with van der Waals surface area (Å²) < 4.78 is 5.92. The number of rotatable bonds is 7. The van der Waals surface area contributed by atoms with Crippen molar-refractivity contribution in [3.63, 3.8) is 0 Å². The minimum atomic E-state index is 0.703. The standard InChI is InChI=1S/C19H32N2O/c1-16(2)14-18-6-7-19(15-17(18)3)22-13-5-8-21-11-9-20(4)10-12-21/h6-7,15-16H,5,8-14H2,1-4H3. The Morgan fingerprint density at radius 1 is 1.14 bits per heavy atom. The highest BCUT2D eigenvalue weighted by Crippen LogP contribution is 2.20. The molecule has 0 aromatic heterocycles. The topological polar surface area (TPSA) is 15.7 Å². The van der Waals surface area contributed by atoms with Crippen LogP contribution in [0.25, 0.3) is 0 Å². The van der Waals surface area contributed by atoms with E-state index in [4.69, 9.17) is 4.74 Å². The van der Waals surface area contributed by atoms with Gasteiger partial charge in [-0.2, -0.15) is 0 Å². The lowest BCUT2D eigenvalue weighted by Gasteiger charge is -2.32. The van der Waals surface area contributed by atoms with Gasteiger partial charge in [0.15, 0.2) is 0 Å². The number of piperazine rings is 1. The smallest absolute Gasteiger partial charge is 0.119 e. The van der Waals surface area contributed by atoms with Crippen LogP contribution in [0.5, 0.6) is 5.75 Å². The van der Waals surface area contributed by atoms with Crippen molar-refractivity contribution in [3.05, 3.63) is 29.3 Å². The Morgan fingerprint density at radius 2 is 1.86 bits per heavy atom. The van der Waals surface area contributed by atoms with Gasteiger partial charge in [0.05, 0.1) is 6.61 Å². The maximum Gasteiger partial charge on any atom is 0.119 e. The van der Waals surface area contributed by atoms with Crippen LogP contribution in [0.15, 0.2) is 18.2 Å². The summed E-state index contributed by atoms with van der Waals surface area (Å²) in [7, 11) is 2.20. The van der Waals surface area contributed by atoms with Crippen LogP contribution in [0.4, 0.5) is 0 Å². The SMILES string of the molecule is Cc1cc(OCCCN2CCN(C)CC2)ccc1CC(C)C. The zero-order valence-electron chi connectivity index (χ0n) is 14.8. The lowest BCUT2D eigenvalue weighted by Crippen LogP contribution is -2.44. The normalized spacial score (nSPS) is 17.1. The van der Waals surface area contributed by atoms with E-state index in [0.29, 0.717) is 5.92 Å². The van der Waals surface area contributed by atoms with Crippen molar-refractivity contribution >= 4 is 0 Å². The van der Waals surface area contributed by atoms with E-state index < -0.39 is 0 Å². The molecule has 0 radical (unpaired) electrons. The predicted octanol–water partition coefficient (Wildman–Crippen LogP) is 3.21. The van der Waals surface area contributed by atoms with Gasteiger partial charge in [0.2, 0.25) is 0 Å². The maximum atomic E-state index is 5.92. The molecule has 0 N–H and O–H groups in total. The number of nitrogens with zero attached hydrogens (tertiary/aromatic N) is 2. The van der Waals surface area contributed by atoms with Gasteiger partial charge in [-0.15, -0.1) is 0 Å². The second-order valence-corrected chi connectivity index (χ2v) is 7.03. The molecule has 1 saturated heterocycles. The van der Waals surface area contributed by atoms with E-state index in [1.54, 1.807) is 0 Å². The van der Waals surface area contributed by atoms with Crippen LogP contribution in [-0.4, -0.2) is 56.2 Å². The summed E-state index contributed by atoms with van der Waals surface area (Å²) in [6.45, 7) is 13.5. The number of ether oxygens (including phenoxy) is 1. The highest BCUT2D eigenvalue weighted by molar-refractivity contribution is 5.35. The van der Waals surface area contributed by atoms with Crippen molar-refractivity contribution in [2.45, 2.75) is 33.6 Å². The zero-order valence-corrected chi connectivity index (χ0v) is 14.8. The summed E-state index contributed by atoms with van der Waals surface area (Å²) in [5.41, 5.74) is 2.80. The van der Waals surface area contributed by atoms with Crippen LogP contribution in [-0.2, 0) is 6.42 Å². The van der Waals surface area contributed by atoms with E-state index in [-0.39, 0.29) is 0 Å². The fraction of sp³-hybridized carbons (Fsp3) is 0.684. The summed E-state index contributed by atoms with van der Waals surface area (Å²) >= 11 is 0. The molecule has 1 aromatic rings. The average molecular weight is 304 g/mol. The average Bonchev–Trinajstić information content (AvgIpc) is 2.48. The molecular formula is C19H32N2O. The van der Waals surface area contributed by atoms with Crippen molar-refractivity contribution < 1.29 is 4.74 Å². The predicted molar refractivity (Wildman–Crippen MR) is 93.8 cm³/mol. The molecule has 0 amide bonds. The van der Waals surface area contributed by atoms with Crippen LogP contribution >= 0.6 is 0 Å². The van der Waals surface area contributed by atoms with Crippen LogP contribution < -0.4 is 4.74 Å².